The Morgan fingerprint density at radius 2 is 1.60 bits per heavy atom. The fraction of sp³-hybridized carbons (Fsp3) is 0.409. The van der Waals surface area contributed by atoms with Crippen LogP contribution in [-0.2, 0) is 21.4 Å². The van der Waals surface area contributed by atoms with Crippen LogP contribution in [0.15, 0.2) is 53.4 Å². The summed E-state index contributed by atoms with van der Waals surface area (Å²) in [5.74, 6) is 1.20. The van der Waals surface area contributed by atoms with Gasteiger partial charge < -0.3 is 14.8 Å². The lowest BCUT2D eigenvalue weighted by Gasteiger charge is -2.34. The molecule has 0 bridgehead atoms. The molecule has 0 spiro atoms. The van der Waals surface area contributed by atoms with Crippen molar-refractivity contribution < 1.29 is 22.7 Å². The fourth-order valence-electron chi connectivity index (χ4n) is 3.61. The van der Waals surface area contributed by atoms with Gasteiger partial charge in [-0.3, -0.25) is 4.79 Å². The zero-order valence-corrected chi connectivity index (χ0v) is 18.2. The molecule has 1 unspecified atom stereocenters. The third kappa shape index (κ3) is 5.31. The first kappa shape index (κ1) is 22.1. The molecule has 3 rings (SSSR count). The summed E-state index contributed by atoms with van der Waals surface area (Å²) < 4.78 is 38.0. The molecule has 30 heavy (non-hydrogen) atoms. The molecule has 0 aromatic heterocycles. The van der Waals surface area contributed by atoms with Gasteiger partial charge in [-0.25, -0.2) is 8.42 Å². The average molecular weight is 433 g/mol. The van der Waals surface area contributed by atoms with E-state index in [0.717, 1.165) is 24.2 Å². The van der Waals surface area contributed by atoms with Crippen LogP contribution in [0.5, 0.6) is 11.5 Å². The Labute approximate surface area is 178 Å². The van der Waals surface area contributed by atoms with Crippen molar-refractivity contribution in [2.24, 2.45) is 0 Å². The lowest BCUT2D eigenvalue weighted by molar-refractivity contribution is -0.122. The van der Waals surface area contributed by atoms with Gasteiger partial charge in [0.1, 0.15) is 11.5 Å². The molecule has 1 heterocycles. The van der Waals surface area contributed by atoms with Crippen molar-refractivity contribution in [3.8, 4) is 11.5 Å². The number of hydrogen-bond donors (Lipinski definition) is 1. The van der Waals surface area contributed by atoms with Crippen LogP contribution in [0, 0.1) is 0 Å². The number of nitrogens with zero attached hydrogens (tertiary/aromatic N) is 1. The normalized spacial score (nSPS) is 17.3. The number of sulfonamides is 1. The molecule has 0 saturated carbocycles. The minimum Gasteiger partial charge on any atom is -0.497 e. The van der Waals surface area contributed by atoms with Crippen LogP contribution in [0.2, 0.25) is 0 Å². The molecule has 2 aromatic carbocycles. The van der Waals surface area contributed by atoms with Crippen molar-refractivity contribution in [1.29, 1.82) is 0 Å². The van der Waals surface area contributed by atoms with E-state index in [0.29, 0.717) is 25.3 Å². The summed E-state index contributed by atoms with van der Waals surface area (Å²) in [7, 11) is -0.532. The van der Waals surface area contributed by atoms with Gasteiger partial charge in [-0.1, -0.05) is 18.6 Å². The summed E-state index contributed by atoms with van der Waals surface area (Å²) in [5.41, 5.74) is 0.954. The van der Waals surface area contributed by atoms with E-state index in [9.17, 15) is 13.2 Å². The van der Waals surface area contributed by atoms with Crippen LogP contribution >= 0.6 is 0 Å². The summed E-state index contributed by atoms with van der Waals surface area (Å²) in [6, 6.07) is 13.5. The van der Waals surface area contributed by atoms with Gasteiger partial charge in [0.25, 0.3) is 0 Å². The largest absolute Gasteiger partial charge is 0.497 e. The maximum atomic E-state index is 13.2. The van der Waals surface area contributed by atoms with Gasteiger partial charge in [-0.15, -0.1) is 0 Å². The van der Waals surface area contributed by atoms with E-state index >= 15 is 0 Å². The molecular weight excluding hydrogens is 404 g/mol. The second-order valence-electron chi connectivity index (χ2n) is 7.27. The molecule has 0 radical (unpaired) electrons. The fourth-order valence-corrected chi connectivity index (χ4v) is 5.30. The number of ether oxygens (including phenoxy) is 2. The first-order valence-corrected chi connectivity index (χ1v) is 11.4. The first-order valence-electron chi connectivity index (χ1n) is 9.99. The SMILES string of the molecule is COc1ccc(CNC(=O)CC2CCCCN2S(=O)(=O)c2ccc(OC)cc2)cc1. The summed E-state index contributed by atoms with van der Waals surface area (Å²) >= 11 is 0. The predicted molar refractivity (Wildman–Crippen MR) is 114 cm³/mol. The lowest BCUT2D eigenvalue weighted by Crippen LogP contribution is -2.45. The van der Waals surface area contributed by atoms with Gasteiger partial charge in [-0.05, 0) is 54.8 Å². The second-order valence-corrected chi connectivity index (χ2v) is 9.16. The second kappa shape index (κ2) is 9.95. The van der Waals surface area contributed by atoms with Gasteiger partial charge in [0.2, 0.25) is 15.9 Å². The van der Waals surface area contributed by atoms with E-state index < -0.39 is 10.0 Å². The maximum Gasteiger partial charge on any atom is 0.243 e. The molecule has 0 aliphatic carbocycles. The van der Waals surface area contributed by atoms with Gasteiger partial charge >= 0.3 is 0 Å². The Bertz CT molecular complexity index is 942. The number of carbonyl (C=O) groups excluding carboxylic acids is 1. The Hall–Kier alpha value is -2.58. The summed E-state index contributed by atoms with van der Waals surface area (Å²) in [5, 5.41) is 2.89. The number of benzene rings is 2. The lowest BCUT2D eigenvalue weighted by atomic mass is 10.0. The number of rotatable bonds is 8. The monoisotopic (exact) mass is 432 g/mol. The number of nitrogens with one attached hydrogen (secondary N) is 1. The van der Waals surface area contributed by atoms with E-state index in [1.165, 1.54) is 11.4 Å². The van der Waals surface area contributed by atoms with Gasteiger partial charge in [0, 0.05) is 25.6 Å². The van der Waals surface area contributed by atoms with E-state index in [-0.39, 0.29) is 23.3 Å². The van der Waals surface area contributed by atoms with E-state index in [1.807, 2.05) is 24.3 Å². The van der Waals surface area contributed by atoms with Gasteiger partial charge in [-0.2, -0.15) is 4.31 Å². The summed E-state index contributed by atoms with van der Waals surface area (Å²) in [6.07, 6.45) is 2.52. The van der Waals surface area contributed by atoms with Crippen LogP contribution in [-0.4, -0.2) is 45.4 Å². The van der Waals surface area contributed by atoms with Crippen molar-refractivity contribution in [2.45, 2.75) is 43.2 Å². The summed E-state index contributed by atoms with van der Waals surface area (Å²) in [6.45, 7) is 0.811. The van der Waals surface area contributed by atoms with Crippen molar-refractivity contribution in [1.82, 2.24) is 9.62 Å². The molecule has 1 aliphatic rings. The minimum absolute atomic E-state index is 0.144. The molecule has 1 atom stereocenters. The molecule has 1 N–H and O–H groups in total. The molecule has 1 amide bonds. The number of methoxy groups -OCH3 is 2. The van der Waals surface area contributed by atoms with Crippen molar-refractivity contribution in [2.75, 3.05) is 20.8 Å². The van der Waals surface area contributed by atoms with Gasteiger partial charge in [0.15, 0.2) is 0 Å². The standard InChI is InChI=1S/C22H28N2O5S/c1-28-19-8-6-17(7-9-19)16-23-22(25)15-18-5-3-4-14-24(18)30(26,27)21-12-10-20(29-2)11-13-21/h6-13,18H,3-5,14-16H2,1-2H3,(H,23,25). The maximum absolute atomic E-state index is 13.2. The molecule has 8 heteroatoms. The molecule has 2 aromatic rings. The minimum atomic E-state index is -3.67. The van der Waals surface area contributed by atoms with Crippen LogP contribution < -0.4 is 14.8 Å². The smallest absolute Gasteiger partial charge is 0.243 e. The van der Waals surface area contributed by atoms with E-state index in [4.69, 9.17) is 9.47 Å². The highest BCUT2D eigenvalue weighted by Crippen LogP contribution is 2.28. The predicted octanol–water partition coefficient (Wildman–Crippen LogP) is 2.95. The van der Waals surface area contributed by atoms with Gasteiger partial charge in [0.05, 0.1) is 19.1 Å². The van der Waals surface area contributed by atoms with E-state index in [2.05, 4.69) is 5.32 Å². The topological polar surface area (TPSA) is 84.9 Å². The van der Waals surface area contributed by atoms with E-state index in [1.54, 1.807) is 31.4 Å². The number of piperidine rings is 1. The van der Waals surface area contributed by atoms with Crippen molar-refractivity contribution in [3.05, 3.63) is 54.1 Å². The molecule has 1 saturated heterocycles. The molecule has 1 fully saturated rings. The third-order valence-corrected chi connectivity index (χ3v) is 7.27. The summed E-state index contributed by atoms with van der Waals surface area (Å²) in [4.78, 5) is 12.7. The third-order valence-electron chi connectivity index (χ3n) is 5.31. The van der Waals surface area contributed by atoms with Crippen LogP contribution in [0.25, 0.3) is 0 Å². The highest BCUT2D eigenvalue weighted by Gasteiger charge is 2.34. The zero-order chi connectivity index (χ0) is 21.6. The van der Waals surface area contributed by atoms with Crippen LogP contribution in [0.1, 0.15) is 31.2 Å². The Morgan fingerprint density at radius 3 is 2.20 bits per heavy atom. The molecule has 162 valence electrons. The van der Waals surface area contributed by atoms with Crippen LogP contribution in [0.3, 0.4) is 0 Å². The average Bonchev–Trinajstić information content (AvgIpc) is 2.78. The Balaban J connectivity index is 1.64. The highest BCUT2D eigenvalue weighted by atomic mass is 32.2. The van der Waals surface area contributed by atoms with Crippen LogP contribution in [0.4, 0.5) is 0 Å². The Kier molecular flexibility index (Phi) is 7.33. The molecule has 1 aliphatic heterocycles. The quantitative estimate of drug-likeness (QED) is 0.693. The first-order chi connectivity index (χ1) is 14.4. The zero-order valence-electron chi connectivity index (χ0n) is 17.3. The number of amides is 1. The van der Waals surface area contributed by atoms with Crippen molar-refractivity contribution >= 4 is 15.9 Å². The Morgan fingerprint density at radius 1 is 1.00 bits per heavy atom. The highest BCUT2D eigenvalue weighted by molar-refractivity contribution is 7.89. The van der Waals surface area contributed by atoms with Crippen molar-refractivity contribution in [3.63, 3.8) is 0 Å². The number of hydrogen-bond acceptors (Lipinski definition) is 5. The molecule has 7 nitrogen and oxygen atoms in total. The molecular formula is C22H28N2O5S. The number of carbonyl (C=O) groups is 1.